The van der Waals surface area contributed by atoms with Crippen molar-refractivity contribution in [3.63, 3.8) is 0 Å². The summed E-state index contributed by atoms with van der Waals surface area (Å²) in [5.74, 6) is -1.03. The molecule has 0 unspecified atom stereocenters. The van der Waals surface area contributed by atoms with Gasteiger partial charge in [-0.1, -0.05) is 55.5 Å². The maximum atomic E-state index is 10.4. The third kappa shape index (κ3) is 9.70. The highest BCUT2D eigenvalue weighted by molar-refractivity contribution is 5.66. The Morgan fingerprint density at radius 1 is 1.07 bits per heavy atom. The van der Waals surface area contributed by atoms with Gasteiger partial charge in [-0.15, -0.1) is 0 Å². The molecular formula is C22H34O5. The van der Waals surface area contributed by atoms with Crippen molar-refractivity contribution in [2.75, 3.05) is 0 Å². The van der Waals surface area contributed by atoms with E-state index in [1.54, 1.807) is 6.08 Å². The zero-order valence-electron chi connectivity index (χ0n) is 16.2. The van der Waals surface area contributed by atoms with Crippen LogP contribution in [0.25, 0.3) is 0 Å². The number of carboxylic acid groups (broad SMARTS) is 1. The molecule has 0 heterocycles. The van der Waals surface area contributed by atoms with E-state index < -0.39 is 24.3 Å². The molecule has 27 heavy (non-hydrogen) atoms. The number of hydrogen-bond donors (Lipinski definition) is 4. The van der Waals surface area contributed by atoms with Gasteiger partial charge in [0, 0.05) is 18.8 Å². The van der Waals surface area contributed by atoms with Gasteiger partial charge in [0.05, 0.1) is 18.3 Å². The summed E-state index contributed by atoms with van der Waals surface area (Å²) >= 11 is 0. The highest BCUT2D eigenvalue weighted by Crippen LogP contribution is 2.36. The fourth-order valence-corrected chi connectivity index (χ4v) is 3.29. The molecule has 0 bridgehead atoms. The summed E-state index contributed by atoms with van der Waals surface area (Å²) < 4.78 is 0. The Morgan fingerprint density at radius 3 is 2.52 bits per heavy atom. The number of rotatable bonds is 12. The summed E-state index contributed by atoms with van der Waals surface area (Å²) in [6.07, 6.45) is 17.4. The van der Waals surface area contributed by atoms with Crippen molar-refractivity contribution < 1.29 is 25.2 Å². The Kier molecular flexibility index (Phi) is 11.7. The first-order valence-electron chi connectivity index (χ1n) is 9.85. The number of hydrogen-bond acceptors (Lipinski definition) is 4. The monoisotopic (exact) mass is 378 g/mol. The van der Waals surface area contributed by atoms with E-state index in [9.17, 15) is 20.1 Å². The average Bonchev–Trinajstić information content (AvgIpc) is 2.88. The maximum absolute atomic E-state index is 10.4. The Balaban J connectivity index is 2.47. The molecule has 5 atom stereocenters. The molecule has 0 radical (unpaired) electrons. The molecule has 1 saturated carbocycles. The molecule has 4 N–H and O–H groups in total. The molecule has 0 aromatic rings. The second-order valence-corrected chi connectivity index (χ2v) is 7.03. The van der Waals surface area contributed by atoms with Crippen LogP contribution in [-0.4, -0.2) is 44.7 Å². The minimum Gasteiger partial charge on any atom is -0.481 e. The molecule has 0 saturated heterocycles. The van der Waals surface area contributed by atoms with Crippen molar-refractivity contribution in [1.82, 2.24) is 0 Å². The van der Waals surface area contributed by atoms with E-state index >= 15 is 0 Å². The van der Waals surface area contributed by atoms with Crippen LogP contribution >= 0.6 is 0 Å². The van der Waals surface area contributed by atoms with E-state index in [0.717, 1.165) is 6.42 Å². The smallest absolute Gasteiger partial charge is 0.303 e. The van der Waals surface area contributed by atoms with Crippen LogP contribution in [0, 0.1) is 11.8 Å². The molecule has 1 fully saturated rings. The Labute approximate surface area is 162 Å². The summed E-state index contributed by atoms with van der Waals surface area (Å²) in [6.45, 7) is 2.04. The summed E-state index contributed by atoms with van der Waals surface area (Å²) in [6, 6.07) is 0. The lowest BCUT2D eigenvalue weighted by atomic mass is 9.89. The minimum absolute atomic E-state index is 0.0677. The highest BCUT2D eigenvalue weighted by Gasteiger charge is 2.39. The first-order valence-corrected chi connectivity index (χ1v) is 9.85. The number of carboxylic acids is 1. The lowest BCUT2D eigenvalue weighted by Gasteiger charge is -2.19. The molecule has 0 spiro atoms. The molecule has 0 aliphatic heterocycles. The van der Waals surface area contributed by atoms with Crippen molar-refractivity contribution in [1.29, 1.82) is 0 Å². The van der Waals surface area contributed by atoms with E-state index in [-0.39, 0.29) is 18.3 Å². The Bertz CT molecular complexity index is 535. The Hall–Kier alpha value is -1.69. The number of aliphatic hydroxyl groups excluding tert-OH is 3. The molecule has 1 aliphatic rings. The first kappa shape index (κ1) is 23.3. The molecule has 1 rings (SSSR count). The maximum Gasteiger partial charge on any atom is 0.303 e. The number of carbonyl (C=O) groups is 1. The zero-order chi connectivity index (χ0) is 20.1. The minimum atomic E-state index is -0.797. The normalized spacial score (nSPS) is 27.6. The molecule has 152 valence electrons. The van der Waals surface area contributed by atoms with Crippen molar-refractivity contribution in [2.24, 2.45) is 11.8 Å². The van der Waals surface area contributed by atoms with Gasteiger partial charge >= 0.3 is 5.97 Å². The van der Waals surface area contributed by atoms with Crippen LogP contribution in [0.15, 0.2) is 48.6 Å². The summed E-state index contributed by atoms with van der Waals surface area (Å²) in [7, 11) is 0. The van der Waals surface area contributed by atoms with E-state index in [0.29, 0.717) is 32.1 Å². The predicted molar refractivity (Wildman–Crippen MR) is 107 cm³/mol. The number of aliphatic hydroxyl groups is 3. The zero-order valence-corrected chi connectivity index (χ0v) is 16.2. The summed E-state index contributed by atoms with van der Waals surface area (Å²) in [5.41, 5.74) is 0. The lowest BCUT2D eigenvalue weighted by Crippen LogP contribution is -2.20. The van der Waals surface area contributed by atoms with Gasteiger partial charge in [-0.2, -0.15) is 0 Å². The van der Waals surface area contributed by atoms with Crippen LogP contribution in [0.1, 0.15) is 51.9 Å². The summed E-state index contributed by atoms with van der Waals surface area (Å²) in [5, 5.41) is 39.0. The van der Waals surface area contributed by atoms with Crippen LogP contribution in [-0.2, 0) is 4.79 Å². The Morgan fingerprint density at radius 2 is 1.81 bits per heavy atom. The number of allylic oxidation sites excluding steroid dienone is 5. The van der Waals surface area contributed by atoms with Gasteiger partial charge in [0.25, 0.3) is 0 Å². The molecule has 0 aromatic carbocycles. The number of aliphatic carboxylic acids is 1. The third-order valence-electron chi connectivity index (χ3n) is 4.79. The second-order valence-electron chi connectivity index (χ2n) is 7.03. The topological polar surface area (TPSA) is 98.0 Å². The highest BCUT2D eigenvalue weighted by atomic mass is 16.4. The third-order valence-corrected chi connectivity index (χ3v) is 4.79. The molecule has 5 nitrogen and oxygen atoms in total. The standard InChI is InChI=1S/C22H34O5/c1-2-3-8-11-17(23)14-15-19-18(20(24)16-21(19)25)12-9-6-4-5-7-10-13-22(26)27/h3,5-9,14-15,17-21,23-25H,2,4,10-13,16H2,1H3,(H,26,27)/b7-5-,8-3-,9-6-,15-14+/t17-,18+,19-,20+,21-/m1/s1. The van der Waals surface area contributed by atoms with Crippen molar-refractivity contribution in [3.05, 3.63) is 48.6 Å². The van der Waals surface area contributed by atoms with Crippen molar-refractivity contribution >= 4 is 5.97 Å². The van der Waals surface area contributed by atoms with Gasteiger partial charge in [-0.3, -0.25) is 4.79 Å². The van der Waals surface area contributed by atoms with Gasteiger partial charge < -0.3 is 20.4 Å². The van der Waals surface area contributed by atoms with Crippen molar-refractivity contribution in [2.45, 2.75) is 70.2 Å². The molecular weight excluding hydrogens is 344 g/mol. The fraction of sp³-hybridized carbons (Fsp3) is 0.591. The van der Waals surface area contributed by atoms with E-state index in [1.165, 1.54) is 0 Å². The average molecular weight is 379 g/mol. The van der Waals surface area contributed by atoms with Gasteiger partial charge in [-0.25, -0.2) is 0 Å². The van der Waals surface area contributed by atoms with Gasteiger partial charge in [0.1, 0.15) is 0 Å². The van der Waals surface area contributed by atoms with Gasteiger partial charge in [0.15, 0.2) is 0 Å². The predicted octanol–water partition coefficient (Wildman–Crippen LogP) is 3.38. The molecule has 0 aromatic heterocycles. The lowest BCUT2D eigenvalue weighted by molar-refractivity contribution is -0.136. The van der Waals surface area contributed by atoms with E-state index in [1.807, 2.05) is 49.5 Å². The molecule has 1 aliphatic carbocycles. The first-order chi connectivity index (χ1) is 13.0. The van der Waals surface area contributed by atoms with Gasteiger partial charge in [0.2, 0.25) is 0 Å². The van der Waals surface area contributed by atoms with Crippen LogP contribution < -0.4 is 0 Å². The van der Waals surface area contributed by atoms with Crippen LogP contribution in [0.2, 0.25) is 0 Å². The molecule has 0 amide bonds. The van der Waals surface area contributed by atoms with E-state index in [2.05, 4.69) is 0 Å². The summed E-state index contributed by atoms with van der Waals surface area (Å²) in [4.78, 5) is 10.4. The quantitative estimate of drug-likeness (QED) is 0.390. The molecule has 5 heteroatoms. The second kappa shape index (κ2) is 13.5. The SMILES string of the molecule is CC/C=C\C[C@@H](O)/C=C/[C@@H]1[C@H](C/C=C\C/C=C\CCC(=O)O)[C@@H](O)C[C@H]1O. The van der Waals surface area contributed by atoms with Crippen LogP contribution in [0.4, 0.5) is 0 Å². The largest absolute Gasteiger partial charge is 0.481 e. The van der Waals surface area contributed by atoms with Crippen LogP contribution in [0.3, 0.4) is 0 Å². The van der Waals surface area contributed by atoms with Crippen molar-refractivity contribution in [3.8, 4) is 0 Å². The fourth-order valence-electron chi connectivity index (χ4n) is 3.29. The van der Waals surface area contributed by atoms with E-state index in [4.69, 9.17) is 5.11 Å². The van der Waals surface area contributed by atoms with Gasteiger partial charge in [-0.05, 0) is 38.0 Å². The van der Waals surface area contributed by atoms with Crippen LogP contribution in [0.5, 0.6) is 0 Å².